The van der Waals surface area contributed by atoms with Crippen molar-refractivity contribution in [1.29, 1.82) is 0 Å². The lowest BCUT2D eigenvalue weighted by atomic mass is 10.5. The van der Waals surface area contributed by atoms with E-state index in [0.717, 1.165) is 0 Å². The Labute approximate surface area is 78.4 Å². The van der Waals surface area contributed by atoms with E-state index in [-0.39, 0.29) is 13.1 Å². The van der Waals surface area contributed by atoms with Crippen LogP contribution in [-0.2, 0) is 10.0 Å². The van der Waals surface area contributed by atoms with Gasteiger partial charge in [0.1, 0.15) is 5.21 Å². The van der Waals surface area contributed by atoms with Gasteiger partial charge >= 0.3 is 0 Å². The fraction of sp³-hybridized carbons (Fsp3) is 0.429. The predicted octanol–water partition coefficient (Wildman–Crippen LogP) is 1.19. The molecule has 3 nitrogen and oxygen atoms in total. The minimum atomic E-state index is -3.33. The Kier molecular flexibility index (Phi) is 5.20. The van der Waals surface area contributed by atoms with E-state index in [2.05, 4.69) is 13.2 Å². The number of nitrogens with zero attached hydrogens (tertiary/aromatic N) is 1. The molecule has 0 aromatic heterocycles. The monoisotopic (exact) mass is 209 g/mol. The molecule has 0 aliphatic carbocycles. The molecule has 0 atom stereocenters. The summed E-state index contributed by atoms with van der Waals surface area (Å²) in [4.78, 5) is 0. The molecule has 0 aromatic carbocycles. The zero-order valence-corrected chi connectivity index (χ0v) is 8.31. The predicted molar refractivity (Wildman–Crippen MR) is 51.6 cm³/mol. The van der Waals surface area contributed by atoms with Gasteiger partial charge in [-0.2, -0.15) is 4.31 Å². The topological polar surface area (TPSA) is 37.4 Å². The van der Waals surface area contributed by atoms with Gasteiger partial charge in [-0.1, -0.05) is 12.2 Å². The molecule has 0 bridgehead atoms. The fourth-order valence-corrected chi connectivity index (χ4v) is 1.88. The van der Waals surface area contributed by atoms with Crippen LogP contribution in [0.15, 0.2) is 25.3 Å². The first-order valence-corrected chi connectivity index (χ1v) is 5.48. The summed E-state index contributed by atoms with van der Waals surface area (Å²) in [5, 5.41) is -0.408. The smallest absolute Gasteiger partial charge is 0.211 e. The third-order valence-electron chi connectivity index (χ3n) is 1.20. The number of halogens is 1. The molecule has 0 aromatic rings. The summed E-state index contributed by atoms with van der Waals surface area (Å²) < 4.78 is 23.6. The van der Waals surface area contributed by atoms with Crippen LogP contribution in [0.25, 0.3) is 0 Å². The van der Waals surface area contributed by atoms with Crippen LogP contribution in [0.5, 0.6) is 0 Å². The van der Waals surface area contributed by atoms with Crippen molar-refractivity contribution in [1.82, 2.24) is 4.31 Å². The van der Waals surface area contributed by atoms with Crippen molar-refractivity contribution in [2.45, 2.75) is 0 Å². The summed E-state index contributed by atoms with van der Waals surface area (Å²) in [6, 6.07) is 0. The summed E-state index contributed by atoms with van der Waals surface area (Å²) in [6.07, 6.45) is 3.02. The minimum Gasteiger partial charge on any atom is -0.211 e. The Morgan fingerprint density at radius 1 is 1.25 bits per heavy atom. The lowest BCUT2D eigenvalue weighted by Gasteiger charge is -2.16. The molecule has 0 spiro atoms. The van der Waals surface area contributed by atoms with Crippen molar-refractivity contribution in [2.24, 2.45) is 0 Å². The van der Waals surface area contributed by atoms with Crippen LogP contribution in [0.2, 0.25) is 0 Å². The van der Waals surface area contributed by atoms with E-state index >= 15 is 0 Å². The maximum atomic E-state index is 11.2. The molecule has 70 valence electrons. The molecule has 0 heterocycles. The van der Waals surface area contributed by atoms with Crippen LogP contribution in [0.3, 0.4) is 0 Å². The Bertz CT molecular complexity index is 238. The highest BCUT2D eigenvalue weighted by Crippen LogP contribution is 2.03. The van der Waals surface area contributed by atoms with Gasteiger partial charge < -0.3 is 0 Å². The average molecular weight is 210 g/mol. The zero-order valence-electron chi connectivity index (χ0n) is 6.74. The van der Waals surface area contributed by atoms with E-state index in [9.17, 15) is 8.42 Å². The molecule has 0 radical (unpaired) electrons. The standard InChI is InChI=1S/C7H12ClNO2S/c1-3-5-9(6-4-2)12(10,11)7-8/h3-4H,1-2,5-7H2. The molecular weight excluding hydrogens is 198 g/mol. The van der Waals surface area contributed by atoms with Gasteiger partial charge in [0.25, 0.3) is 0 Å². The largest absolute Gasteiger partial charge is 0.228 e. The first-order valence-electron chi connectivity index (χ1n) is 3.34. The van der Waals surface area contributed by atoms with Crippen molar-refractivity contribution in [3.05, 3.63) is 25.3 Å². The molecule has 12 heavy (non-hydrogen) atoms. The molecule has 0 aliphatic heterocycles. The van der Waals surface area contributed by atoms with E-state index in [4.69, 9.17) is 11.6 Å². The van der Waals surface area contributed by atoms with Crippen LogP contribution >= 0.6 is 11.6 Å². The van der Waals surface area contributed by atoms with E-state index in [1.165, 1.54) is 16.5 Å². The van der Waals surface area contributed by atoms with Gasteiger partial charge in [0.05, 0.1) is 0 Å². The van der Waals surface area contributed by atoms with Crippen LogP contribution in [0.4, 0.5) is 0 Å². The molecule has 5 heteroatoms. The molecule has 0 saturated heterocycles. The molecule has 0 N–H and O–H groups in total. The first kappa shape index (κ1) is 11.7. The highest BCUT2D eigenvalue weighted by Gasteiger charge is 2.17. The molecule has 0 saturated carbocycles. The summed E-state index contributed by atoms with van der Waals surface area (Å²) in [5.41, 5.74) is 0. The van der Waals surface area contributed by atoms with Crippen molar-refractivity contribution >= 4 is 21.6 Å². The number of alkyl halides is 1. The minimum absolute atomic E-state index is 0.265. The Morgan fingerprint density at radius 2 is 1.67 bits per heavy atom. The second-order valence-corrected chi connectivity index (χ2v) is 4.67. The average Bonchev–Trinajstić information content (AvgIpc) is 2.04. The summed E-state index contributed by atoms with van der Waals surface area (Å²) >= 11 is 5.26. The second-order valence-electron chi connectivity index (χ2n) is 2.12. The van der Waals surface area contributed by atoms with Gasteiger partial charge in [0.15, 0.2) is 0 Å². The molecule has 0 aliphatic rings. The van der Waals surface area contributed by atoms with E-state index in [1.54, 1.807) is 0 Å². The third-order valence-corrected chi connectivity index (χ3v) is 3.38. The van der Waals surface area contributed by atoms with Gasteiger partial charge in [-0.05, 0) is 0 Å². The molecule has 0 amide bonds. The molecule has 0 unspecified atom stereocenters. The van der Waals surface area contributed by atoms with Crippen molar-refractivity contribution in [3.63, 3.8) is 0 Å². The quantitative estimate of drug-likeness (QED) is 0.487. The molecule has 0 fully saturated rings. The van der Waals surface area contributed by atoms with Gasteiger partial charge in [-0.25, -0.2) is 8.42 Å². The summed E-state index contributed by atoms with van der Waals surface area (Å²) in [7, 11) is -3.33. The number of hydrogen-bond acceptors (Lipinski definition) is 2. The number of sulfonamides is 1. The highest BCUT2D eigenvalue weighted by molar-refractivity contribution is 7.90. The first-order chi connectivity index (χ1) is 5.58. The number of hydrogen-bond donors (Lipinski definition) is 0. The third kappa shape index (κ3) is 3.38. The van der Waals surface area contributed by atoms with Crippen LogP contribution < -0.4 is 0 Å². The van der Waals surface area contributed by atoms with Crippen molar-refractivity contribution < 1.29 is 8.42 Å². The van der Waals surface area contributed by atoms with Crippen molar-refractivity contribution in [3.8, 4) is 0 Å². The number of rotatable bonds is 6. The highest BCUT2D eigenvalue weighted by atomic mass is 35.5. The second kappa shape index (κ2) is 5.35. The van der Waals surface area contributed by atoms with Crippen LogP contribution in [-0.4, -0.2) is 31.0 Å². The van der Waals surface area contributed by atoms with Gasteiger partial charge in [-0.3, -0.25) is 0 Å². The zero-order chi connectivity index (χ0) is 9.61. The molecular formula is C7H12ClNO2S. The van der Waals surface area contributed by atoms with E-state index < -0.39 is 15.2 Å². The molecule has 0 rings (SSSR count). The van der Waals surface area contributed by atoms with Crippen molar-refractivity contribution in [2.75, 3.05) is 18.3 Å². The Morgan fingerprint density at radius 3 is 1.92 bits per heavy atom. The maximum absolute atomic E-state index is 11.2. The lowest BCUT2D eigenvalue weighted by molar-refractivity contribution is 0.478. The van der Waals surface area contributed by atoms with Gasteiger partial charge in [-0.15, -0.1) is 24.8 Å². The van der Waals surface area contributed by atoms with Crippen LogP contribution in [0.1, 0.15) is 0 Å². The van der Waals surface area contributed by atoms with Crippen LogP contribution in [0, 0.1) is 0 Å². The summed E-state index contributed by atoms with van der Waals surface area (Å²) in [6.45, 7) is 7.42. The SMILES string of the molecule is C=CCN(CC=C)S(=O)(=O)CCl. The fourth-order valence-electron chi connectivity index (χ4n) is 0.659. The van der Waals surface area contributed by atoms with Gasteiger partial charge in [0.2, 0.25) is 10.0 Å². The lowest BCUT2D eigenvalue weighted by Crippen LogP contribution is -2.32. The van der Waals surface area contributed by atoms with E-state index in [1.807, 2.05) is 0 Å². The van der Waals surface area contributed by atoms with E-state index in [0.29, 0.717) is 0 Å². The normalized spacial score (nSPS) is 11.5. The Hall–Kier alpha value is -0.320. The maximum Gasteiger partial charge on any atom is 0.228 e. The Balaban J connectivity index is 4.48. The summed E-state index contributed by atoms with van der Waals surface area (Å²) in [5.74, 6) is 0. The van der Waals surface area contributed by atoms with Gasteiger partial charge in [0, 0.05) is 13.1 Å².